The summed E-state index contributed by atoms with van der Waals surface area (Å²) in [5.41, 5.74) is 2.31. The van der Waals surface area contributed by atoms with Gasteiger partial charge in [0.25, 0.3) is 0 Å². The number of hydrogen-bond donors (Lipinski definition) is 1. The quantitative estimate of drug-likeness (QED) is 0.517. The molecule has 0 bridgehead atoms. The fraction of sp³-hybridized carbons (Fsp3) is 0.607. The monoisotopic (exact) mass is 491 g/mol. The van der Waals surface area contributed by atoms with Crippen LogP contribution in [0.2, 0.25) is 0 Å². The Kier molecular flexibility index (Phi) is 7.08. The van der Waals surface area contributed by atoms with E-state index in [1.54, 1.807) is 0 Å². The van der Waals surface area contributed by atoms with E-state index in [9.17, 15) is 18.3 Å². The van der Waals surface area contributed by atoms with Gasteiger partial charge in [0.1, 0.15) is 6.10 Å². The van der Waals surface area contributed by atoms with Gasteiger partial charge in [0.2, 0.25) is 0 Å². The van der Waals surface area contributed by atoms with Gasteiger partial charge in [-0.15, -0.1) is 0 Å². The summed E-state index contributed by atoms with van der Waals surface area (Å²) in [6.45, 7) is 14.4. The second-order valence-electron chi connectivity index (χ2n) is 11.1. The fourth-order valence-electron chi connectivity index (χ4n) is 5.57. The number of alkyl halides is 3. The molecule has 1 spiro atoms. The van der Waals surface area contributed by atoms with Crippen molar-refractivity contribution in [2.45, 2.75) is 77.4 Å². The lowest BCUT2D eigenvalue weighted by Crippen LogP contribution is -2.40. The molecular weight excluding hydrogens is 455 g/mol. The summed E-state index contributed by atoms with van der Waals surface area (Å²) in [5.74, 6) is 0.0584. The summed E-state index contributed by atoms with van der Waals surface area (Å²) in [6.07, 6.45) is -3.23. The Bertz CT molecular complexity index is 1010. The Hall–Kier alpha value is -1.96. The van der Waals surface area contributed by atoms with Gasteiger partial charge in [-0.25, -0.2) is 0 Å². The highest BCUT2D eigenvalue weighted by Gasteiger charge is 2.51. The van der Waals surface area contributed by atoms with E-state index in [4.69, 9.17) is 14.5 Å². The summed E-state index contributed by atoms with van der Waals surface area (Å²) in [4.78, 5) is 5.04. The topological polar surface area (TPSA) is 51.1 Å². The first-order valence-electron chi connectivity index (χ1n) is 12.4. The van der Waals surface area contributed by atoms with Crippen molar-refractivity contribution >= 4 is 5.71 Å². The third-order valence-corrected chi connectivity index (χ3v) is 7.53. The molecule has 4 nitrogen and oxygen atoms in total. The summed E-state index contributed by atoms with van der Waals surface area (Å²) in [6, 6.07) is 5.20. The van der Waals surface area contributed by atoms with E-state index in [1.165, 1.54) is 12.1 Å². The minimum absolute atomic E-state index is 0.0584. The predicted octanol–water partition coefficient (Wildman–Crippen LogP) is 6.46. The van der Waals surface area contributed by atoms with Gasteiger partial charge >= 0.3 is 6.18 Å². The van der Waals surface area contributed by atoms with Crippen molar-refractivity contribution in [3.63, 3.8) is 0 Å². The molecule has 3 aliphatic heterocycles. The van der Waals surface area contributed by atoms with Crippen LogP contribution < -0.4 is 0 Å². The zero-order chi connectivity index (χ0) is 25.6. The normalized spacial score (nSPS) is 28.7. The van der Waals surface area contributed by atoms with Gasteiger partial charge in [-0.3, -0.25) is 4.99 Å². The molecule has 3 aliphatic rings. The van der Waals surface area contributed by atoms with Crippen molar-refractivity contribution in [3.05, 3.63) is 58.7 Å². The number of nitrogens with zero attached hydrogens (tertiary/aromatic N) is 1. The zero-order valence-electron chi connectivity index (χ0n) is 21.0. The van der Waals surface area contributed by atoms with Gasteiger partial charge < -0.3 is 14.6 Å². The SMILES string of the molecule is C=C1C2=C(/C(C(C)C)=N\CCC(C)(C)C[C@@H]1O)[C@@H](c1ccc(C(F)(F)F)cc1)OC21CCOCC1. The number of benzene rings is 1. The zero-order valence-corrected chi connectivity index (χ0v) is 21.0. The second-order valence-corrected chi connectivity index (χ2v) is 11.1. The van der Waals surface area contributed by atoms with Crippen molar-refractivity contribution < 1.29 is 27.8 Å². The Morgan fingerprint density at radius 3 is 2.29 bits per heavy atom. The van der Waals surface area contributed by atoms with E-state index in [0.29, 0.717) is 50.2 Å². The fourth-order valence-corrected chi connectivity index (χ4v) is 5.57. The van der Waals surface area contributed by atoms with Crippen molar-refractivity contribution in [3.8, 4) is 0 Å². The third kappa shape index (κ3) is 5.13. The molecule has 0 radical (unpaired) electrons. The average Bonchev–Trinajstić information content (AvgIpc) is 3.08. The smallest absolute Gasteiger partial charge is 0.388 e. The molecule has 0 amide bonds. The molecule has 2 atom stereocenters. The van der Waals surface area contributed by atoms with Crippen LogP contribution in [0.25, 0.3) is 0 Å². The largest absolute Gasteiger partial charge is 0.416 e. The van der Waals surface area contributed by atoms with Crippen LogP contribution in [-0.4, -0.2) is 42.3 Å². The van der Waals surface area contributed by atoms with E-state index in [-0.39, 0.29) is 11.3 Å². The molecule has 0 aliphatic carbocycles. The highest BCUT2D eigenvalue weighted by atomic mass is 19.4. The maximum Gasteiger partial charge on any atom is 0.416 e. The van der Waals surface area contributed by atoms with Crippen LogP contribution in [0.5, 0.6) is 0 Å². The van der Waals surface area contributed by atoms with Crippen LogP contribution in [-0.2, 0) is 15.7 Å². The first-order valence-corrected chi connectivity index (χ1v) is 12.4. The maximum atomic E-state index is 13.2. The second kappa shape index (κ2) is 9.49. The third-order valence-electron chi connectivity index (χ3n) is 7.53. The van der Waals surface area contributed by atoms with E-state index < -0.39 is 29.5 Å². The average molecular weight is 492 g/mol. The minimum Gasteiger partial charge on any atom is -0.388 e. The van der Waals surface area contributed by atoms with E-state index in [0.717, 1.165) is 35.4 Å². The van der Waals surface area contributed by atoms with Crippen molar-refractivity contribution in [2.24, 2.45) is 16.3 Å². The summed E-state index contributed by atoms with van der Waals surface area (Å²) in [7, 11) is 0. The van der Waals surface area contributed by atoms with Crippen LogP contribution in [0.3, 0.4) is 0 Å². The van der Waals surface area contributed by atoms with Crippen molar-refractivity contribution in [2.75, 3.05) is 19.8 Å². The van der Waals surface area contributed by atoms with Crippen molar-refractivity contribution in [1.29, 1.82) is 0 Å². The van der Waals surface area contributed by atoms with E-state index in [2.05, 4.69) is 34.3 Å². The van der Waals surface area contributed by atoms with Crippen LogP contribution in [0.15, 0.2) is 52.6 Å². The molecule has 1 aromatic carbocycles. The number of ether oxygens (including phenoxy) is 2. The number of aliphatic hydroxyl groups excluding tert-OH is 1. The summed E-state index contributed by atoms with van der Waals surface area (Å²) in [5, 5.41) is 11.3. The molecule has 35 heavy (non-hydrogen) atoms. The lowest BCUT2D eigenvalue weighted by Gasteiger charge is -2.38. The molecule has 0 saturated carbocycles. The van der Waals surface area contributed by atoms with E-state index >= 15 is 0 Å². The number of aliphatic hydroxyl groups is 1. The Labute approximate surface area is 205 Å². The standard InChI is InChI=1S/C28H36F3NO3/c1-17(2)24-22-23(18(3)21(33)16-26(4,5)10-13-32-24)27(11-14-34-15-12-27)35-25(22)19-6-8-20(9-7-19)28(29,30)31/h6-9,17,21,25,33H,3,10-16H2,1-2,4-5H3/b32-24-/t21-,25+/m0/s1. The van der Waals surface area contributed by atoms with Gasteiger partial charge in [-0.05, 0) is 53.0 Å². The molecule has 192 valence electrons. The molecule has 4 rings (SSSR count). The molecule has 1 aromatic rings. The predicted molar refractivity (Wildman–Crippen MR) is 130 cm³/mol. The molecule has 3 heterocycles. The van der Waals surface area contributed by atoms with E-state index in [1.807, 2.05) is 0 Å². The lowest BCUT2D eigenvalue weighted by atomic mass is 9.73. The first-order chi connectivity index (χ1) is 16.3. The van der Waals surface area contributed by atoms with Crippen LogP contribution in [0.4, 0.5) is 13.2 Å². The molecule has 1 saturated heterocycles. The molecule has 0 aromatic heterocycles. The number of aliphatic imine (C=N–C) groups is 1. The molecule has 7 heteroatoms. The number of hydrogen-bond acceptors (Lipinski definition) is 4. The summed E-state index contributed by atoms with van der Waals surface area (Å²) < 4.78 is 52.2. The number of fused-ring (bicyclic) bond motifs is 1. The number of halogens is 3. The highest BCUT2D eigenvalue weighted by molar-refractivity contribution is 6.04. The molecule has 0 unspecified atom stereocenters. The van der Waals surface area contributed by atoms with Gasteiger partial charge in [0.05, 0.1) is 17.3 Å². The Morgan fingerprint density at radius 1 is 1.09 bits per heavy atom. The molecular formula is C28H36F3NO3. The van der Waals surface area contributed by atoms with Gasteiger partial charge in [0.15, 0.2) is 0 Å². The van der Waals surface area contributed by atoms with Crippen LogP contribution in [0, 0.1) is 11.3 Å². The Balaban J connectivity index is 1.92. The maximum absolute atomic E-state index is 13.2. The first kappa shape index (κ1) is 26.1. The molecule has 1 fully saturated rings. The van der Waals surface area contributed by atoms with Gasteiger partial charge in [-0.2, -0.15) is 13.2 Å². The minimum atomic E-state index is -4.41. The molecule has 1 N–H and O–H groups in total. The lowest BCUT2D eigenvalue weighted by molar-refractivity contribution is -0.137. The van der Waals surface area contributed by atoms with Crippen molar-refractivity contribution in [1.82, 2.24) is 0 Å². The number of rotatable bonds is 2. The van der Waals surface area contributed by atoms with Gasteiger partial charge in [-0.1, -0.05) is 46.4 Å². The Morgan fingerprint density at radius 2 is 1.71 bits per heavy atom. The van der Waals surface area contributed by atoms with Crippen LogP contribution >= 0.6 is 0 Å². The highest BCUT2D eigenvalue weighted by Crippen LogP contribution is 2.53. The van der Waals surface area contributed by atoms with Crippen LogP contribution in [0.1, 0.15) is 70.6 Å². The van der Waals surface area contributed by atoms with Gasteiger partial charge in [0, 0.05) is 43.9 Å². The summed E-state index contributed by atoms with van der Waals surface area (Å²) >= 11 is 0.